The van der Waals surface area contributed by atoms with Crippen molar-refractivity contribution in [3.05, 3.63) is 100 Å². The lowest BCUT2D eigenvalue weighted by Crippen LogP contribution is -2.38. The summed E-state index contributed by atoms with van der Waals surface area (Å²) in [6.45, 7) is 0.463. The van der Waals surface area contributed by atoms with Crippen molar-refractivity contribution in [2.24, 2.45) is 0 Å². The van der Waals surface area contributed by atoms with E-state index < -0.39 is 23.6 Å². The van der Waals surface area contributed by atoms with E-state index >= 15 is 0 Å². The Balaban J connectivity index is 1.70. The minimum Gasteiger partial charge on any atom is -0.368 e. The normalized spacial score (nSPS) is 17.1. The van der Waals surface area contributed by atoms with Crippen LogP contribution in [0.1, 0.15) is 41.6 Å². The first kappa shape index (κ1) is 23.1. The molecule has 2 unspecified atom stereocenters. The van der Waals surface area contributed by atoms with Crippen molar-refractivity contribution in [2.45, 2.75) is 31.1 Å². The number of halogens is 5. The van der Waals surface area contributed by atoms with Crippen LogP contribution in [0.25, 0.3) is 0 Å². The van der Waals surface area contributed by atoms with Gasteiger partial charge < -0.3 is 10.2 Å². The quantitative estimate of drug-likeness (QED) is 0.401. The Morgan fingerprint density at radius 1 is 1.00 bits per heavy atom. The largest absolute Gasteiger partial charge is 0.416 e. The monoisotopic (exact) mass is 476 g/mol. The van der Waals surface area contributed by atoms with Crippen LogP contribution in [0.3, 0.4) is 0 Å². The van der Waals surface area contributed by atoms with Crippen molar-refractivity contribution in [3.63, 3.8) is 0 Å². The SMILES string of the molecule is O=C(C(Nc1ccccc1F)c1ccc(C(F)(F)F)cc1)N1CCCC1c1ccccc1Cl. The van der Waals surface area contributed by atoms with E-state index in [1.807, 2.05) is 12.1 Å². The van der Waals surface area contributed by atoms with Crippen LogP contribution in [-0.4, -0.2) is 17.4 Å². The topological polar surface area (TPSA) is 32.3 Å². The van der Waals surface area contributed by atoms with Gasteiger partial charge in [0.25, 0.3) is 0 Å². The lowest BCUT2D eigenvalue weighted by atomic mass is 10.0. The number of hydrogen-bond donors (Lipinski definition) is 1. The van der Waals surface area contributed by atoms with Crippen molar-refractivity contribution >= 4 is 23.2 Å². The number of alkyl halides is 3. The summed E-state index contributed by atoms with van der Waals surface area (Å²) in [5.74, 6) is -0.924. The number of anilines is 1. The number of para-hydroxylation sites is 1. The molecular formula is C25H21ClF4N2O. The van der Waals surface area contributed by atoms with Crippen LogP contribution in [0.5, 0.6) is 0 Å². The predicted octanol–water partition coefficient (Wildman–Crippen LogP) is 7.01. The average molecular weight is 477 g/mol. The Morgan fingerprint density at radius 2 is 1.67 bits per heavy atom. The fraction of sp³-hybridized carbons (Fsp3) is 0.240. The number of likely N-dealkylation sites (tertiary alicyclic amines) is 1. The number of nitrogens with one attached hydrogen (secondary N) is 1. The summed E-state index contributed by atoms with van der Waals surface area (Å²) >= 11 is 6.37. The molecule has 1 aliphatic heterocycles. The molecule has 4 rings (SSSR count). The maximum absolute atomic E-state index is 14.4. The van der Waals surface area contributed by atoms with E-state index in [1.54, 1.807) is 23.1 Å². The molecule has 0 saturated carbocycles. The molecule has 0 aromatic heterocycles. The molecule has 1 heterocycles. The van der Waals surface area contributed by atoms with Gasteiger partial charge in [0, 0.05) is 11.6 Å². The minimum atomic E-state index is -4.50. The van der Waals surface area contributed by atoms with E-state index in [1.165, 1.54) is 30.3 Å². The first-order valence-corrected chi connectivity index (χ1v) is 10.9. The van der Waals surface area contributed by atoms with Crippen molar-refractivity contribution < 1.29 is 22.4 Å². The van der Waals surface area contributed by atoms with E-state index in [4.69, 9.17) is 11.6 Å². The number of rotatable bonds is 5. The third-order valence-corrected chi connectivity index (χ3v) is 6.14. The molecule has 3 aromatic carbocycles. The molecule has 1 amide bonds. The molecule has 2 atom stereocenters. The molecule has 0 spiro atoms. The molecule has 172 valence electrons. The molecule has 1 fully saturated rings. The van der Waals surface area contributed by atoms with Gasteiger partial charge in [-0.05, 0) is 54.3 Å². The fourth-order valence-electron chi connectivity index (χ4n) is 4.15. The zero-order valence-electron chi connectivity index (χ0n) is 17.4. The number of hydrogen-bond acceptors (Lipinski definition) is 2. The van der Waals surface area contributed by atoms with Gasteiger partial charge in [-0.3, -0.25) is 4.79 Å². The van der Waals surface area contributed by atoms with Gasteiger partial charge in [0.15, 0.2) is 0 Å². The number of carbonyl (C=O) groups excluding carboxylic acids is 1. The number of benzene rings is 3. The van der Waals surface area contributed by atoms with Gasteiger partial charge in [-0.2, -0.15) is 13.2 Å². The van der Waals surface area contributed by atoms with Gasteiger partial charge in [-0.15, -0.1) is 0 Å². The van der Waals surface area contributed by atoms with E-state index in [-0.39, 0.29) is 17.6 Å². The Bertz CT molecular complexity index is 1130. The third kappa shape index (κ3) is 4.98. The fourth-order valence-corrected chi connectivity index (χ4v) is 4.41. The van der Waals surface area contributed by atoms with E-state index in [0.717, 1.165) is 24.1 Å². The van der Waals surface area contributed by atoms with E-state index in [0.29, 0.717) is 23.6 Å². The lowest BCUT2D eigenvalue weighted by molar-refractivity contribution is -0.137. The Morgan fingerprint density at radius 3 is 2.33 bits per heavy atom. The molecule has 1 N–H and O–H groups in total. The summed E-state index contributed by atoms with van der Waals surface area (Å²) in [7, 11) is 0. The molecule has 1 saturated heterocycles. The Hall–Kier alpha value is -3.06. The van der Waals surface area contributed by atoms with Crippen LogP contribution >= 0.6 is 11.6 Å². The second-order valence-electron chi connectivity index (χ2n) is 7.89. The highest BCUT2D eigenvalue weighted by molar-refractivity contribution is 6.31. The summed E-state index contributed by atoms with van der Waals surface area (Å²) in [6, 6.07) is 16.1. The van der Waals surface area contributed by atoms with Crippen LogP contribution in [0.2, 0.25) is 5.02 Å². The lowest BCUT2D eigenvalue weighted by Gasteiger charge is -2.31. The van der Waals surface area contributed by atoms with Crippen LogP contribution in [0, 0.1) is 5.82 Å². The van der Waals surface area contributed by atoms with Crippen LogP contribution in [0.4, 0.5) is 23.2 Å². The van der Waals surface area contributed by atoms with Gasteiger partial charge >= 0.3 is 6.18 Å². The second kappa shape index (κ2) is 9.43. The van der Waals surface area contributed by atoms with Crippen LogP contribution in [-0.2, 0) is 11.0 Å². The highest BCUT2D eigenvalue weighted by Crippen LogP contribution is 2.38. The summed E-state index contributed by atoms with van der Waals surface area (Å²) in [6.07, 6.45) is -3.04. The summed E-state index contributed by atoms with van der Waals surface area (Å²) < 4.78 is 53.5. The van der Waals surface area contributed by atoms with Gasteiger partial charge in [0.1, 0.15) is 11.9 Å². The third-order valence-electron chi connectivity index (χ3n) is 5.79. The molecule has 0 aliphatic carbocycles. The first-order valence-electron chi connectivity index (χ1n) is 10.5. The molecular weight excluding hydrogens is 456 g/mol. The average Bonchev–Trinajstić information content (AvgIpc) is 3.28. The van der Waals surface area contributed by atoms with Crippen molar-refractivity contribution in [3.8, 4) is 0 Å². The van der Waals surface area contributed by atoms with Gasteiger partial charge in [0.2, 0.25) is 5.91 Å². The Kier molecular flexibility index (Phi) is 6.61. The maximum Gasteiger partial charge on any atom is 0.416 e. The molecule has 0 radical (unpaired) electrons. The number of nitrogens with zero attached hydrogens (tertiary/aromatic N) is 1. The zero-order chi connectivity index (χ0) is 23.6. The van der Waals surface area contributed by atoms with E-state index in [9.17, 15) is 22.4 Å². The first-order chi connectivity index (χ1) is 15.8. The van der Waals surface area contributed by atoms with Gasteiger partial charge in [0.05, 0.1) is 17.3 Å². The number of carbonyl (C=O) groups is 1. The maximum atomic E-state index is 14.4. The van der Waals surface area contributed by atoms with Gasteiger partial charge in [-0.1, -0.05) is 54.1 Å². The molecule has 33 heavy (non-hydrogen) atoms. The van der Waals surface area contributed by atoms with Crippen LogP contribution < -0.4 is 5.32 Å². The smallest absolute Gasteiger partial charge is 0.368 e. The van der Waals surface area contributed by atoms with Crippen LogP contribution in [0.15, 0.2) is 72.8 Å². The second-order valence-corrected chi connectivity index (χ2v) is 8.30. The van der Waals surface area contributed by atoms with Crippen molar-refractivity contribution in [1.29, 1.82) is 0 Å². The molecule has 0 bridgehead atoms. The summed E-state index contributed by atoms with van der Waals surface area (Å²) in [5.41, 5.74) is 0.380. The van der Waals surface area contributed by atoms with E-state index in [2.05, 4.69) is 5.32 Å². The van der Waals surface area contributed by atoms with Crippen molar-refractivity contribution in [2.75, 3.05) is 11.9 Å². The molecule has 8 heteroatoms. The highest BCUT2D eigenvalue weighted by Gasteiger charge is 2.36. The molecule has 1 aliphatic rings. The molecule has 3 nitrogen and oxygen atoms in total. The summed E-state index contributed by atoms with van der Waals surface area (Å²) in [5, 5.41) is 3.44. The zero-order valence-corrected chi connectivity index (χ0v) is 18.2. The standard InChI is InChI=1S/C25H21ClF4N2O/c26-19-7-2-1-6-18(19)22-10-5-15-32(22)24(33)23(31-21-9-4-3-8-20(21)27)16-11-13-17(14-12-16)25(28,29)30/h1-4,6-9,11-14,22-23,31H,5,10,15H2. The Labute approximate surface area is 194 Å². The molecule has 3 aromatic rings. The minimum absolute atomic E-state index is 0.0873. The van der Waals surface area contributed by atoms with Crippen molar-refractivity contribution in [1.82, 2.24) is 4.90 Å². The highest BCUT2D eigenvalue weighted by atomic mass is 35.5. The number of amides is 1. The summed E-state index contributed by atoms with van der Waals surface area (Å²) in [4.78, 5) is 15.4. The predicted molar refractivity (Wildman–Crippen MR) is 119 cm³/mol. The van der Waals surface area contributed by atoms with Gasteiger partial charge in [-0.25, -0.2) is 4.39 Å².